The number of anilines is 12. The van der Waals surface area contributed by atoms with Crippen LogP contribution in [-0.2, 0) is 0 Å². The van der Waals surface area contributed by atoms with Crippen molar-refractivity contribution in [2.24, 2.45) is 0 Å². The van der Waals surface area contributed by atoms with E-state index in [9.17, 15) is 0 Å². The van der Waals surface area contributed by atoms with Gasteiger partial charge in [0.25, 0.3) is 13.4 Å². The summed E-state index contributed by atoms with van der Waals surface area (Å²) in [5, 5.41) is 2.22. The highest BCUT2D eigenvalue weighted by molar-refractivity contribution is 7.99. The second-order valence-corrected chi connectivity index (χ2v) is 20.7. The van der Waals surface area contributed by atoms with Crippen molar-refractivity contribution in [3.8, 4) is 0 Å². The van der Waals surface area contributed by atoms with Crippen LogP contribution < -0.4 is 52.4 Å². The average molecular weight is 961 g/mol. The summed E-state index contributed by atoms with van der Waals surface area (Å²) in [4.78, 5) is 12.5. The van der Waals surface area contributed by atoms with Crippen LogP contribution in [0.25, 0.3) is 21.9 Å². The van der Waals surface area contributed by atoms with Crippen molar-refractivity contribution in [1.29, 1.82) is 0 Å². The Morgan fingerprint density at radius 3 is 1.30 bits per heavy atom. The second-order valence-electron chi connectivity index (χ2n) is 19.6. The van der Waals surface area contributed by atoms with E-state index in [2.05, 4.69) is 274 Å². The van der Waals surface area contributed by atoms with E-state index in [4.69, 9.17) is 4.42 Å². The van der Waals surface area contributed by atoms with Gasteiger partial charge in [-0.05, 0) is 130 Å². The summed E-state index contributed by atoms with van der Waals surface area (Å²) >= 11 is 1.82. The lowest BCUT2D eigenvalue weighted by Crippen LogP contribution is -2.65. The smallest absolute Gasteiger partial charge is 0.252 e. The Morgan fingerprint density at radius 1 is 0.297 bits per heavy atom. The first-order valence-electron chi connectivity index (χ1n) is 25.4. The van der Waals surface area contributed by atoms with Crippen molar-refractivity contribution < 1.29 is 4.42 Å². The van der Waals surface area contributed by atoms with Gasteiger partial charge in [0.15, 0.2) is 0 Å². The SMILES string of the molecule is c1ccc(Sc2cc3c4c(c2)N(c2ccccc2)c2cc5c(cc2B4c2ccccc2N3c2ccccc2)B2c3ccccc3N(c3ccccc3)c3cc4oc6ccccc6c4c(c32)N5c2ccccc2)cc1. The minimum atomic E-state index is -0.121. The molecule has 4 aliphatic heterocycles. The van der Waals surface area contributed by atoms with Gasteiger partial charge in [0, 0.05) is 83.8 Å². The molecule has 0 amide bonds. The molecule has 344 valence electrons. The lowest BCUT2D eigenvalue weighted by molar-refractivity contribution is 0.669. The molecular weight excluding hydrogens is 918 g/mol. The summed E-state index contributed by atoms with van der Waals surface area (Å²) in [6, 6.07) is 93.6. The Bertz CT molecular complexity index is 4210. The van der Waals surface area contributed by atoms with Crippen LogP contribution in [0.5, 0.6) is 0 Å². The molecule has 11 aromatic carbocycles. The summed E-state index contributed by atoms with van der Waals surface area (Å²) in [7, 11) is 0. The maximum absolute atomic E-state index is 6.98. The van der Waals surface area contributed by atoms with E-state index in [1.165, 1.54) is 59.6 Å². The van der Waals surface area contributed by atoms with Gasteiger partial charge in [-0.1, -0.05) is 163 Å². The van der Waals surface area contributed by atoms with Crippen molar-refractivity contribution in [2.75, 3.05) is 19.6 Å². The number of benzene rings is 11. The first kappa shape index (κ1) is 41.5. The van der Waals surface area contributed by atoms with E-state index in [0.717, 1.165) is 73.1 Å². The molecule has 0 fully saturated rings. The highest BCUT2D eigenvalue weighted by atomic mass is 32.2. The summed E-state index contributed by atoms with van der Waals surface area (Å²) in [5.41, 5.74) is 23.1. The Labute approximate surface area is 434 Å². The van der Waals surface area contributed by atoms with Gasteiger partial charge in [-0.3, -0.25) is 0 Å². The summed E-state index contributed by atoms with van der Waals surface area (Å²) in [6.45, 7) is -0.206. The van der Waals surface area contributed by atoms with E-state index in [-0.39, 0.29) is 13.4 Å². The van der Waals surface area contributed by atoms with Gasteiger partial charge in [-0.2, -0.15) is 0 Å². The number of rotatable bonds is 6. The Morgan fingerprint density at radius 2 is 0.730 bits per heavy atom. The zero-order chi connectivity index (χ0) is 48.4. The van der Waals surface area contributed by atoms with Gasteiger partial charge in [0.05, 0.1) is 11.1 Å². The van der Waals surface area contributed by atoms with Crippen molar-refractivity contribution in [1.82, 2.24) is 0 Å². The fourth-order valence-corrected chi connectivity index (χ4v) is 13.6. The predicted octanol–water partition coefficient (Wildman–Crippen LogP) is 13.9. The number of hydrogen-bond acceptors (Lipinski definition) is 6. The molecule has 5 heterocycles. The van der Waals surface area contributed by atoms with Crippen LogP contribution in [0.2, 0.25) is 0 Å². The van der Waals surface area contributed by atoms with Crippen molar-refractivity contribution >= 4 is 148 Å². The molecular formula is C66H42B2N4OS. The van der Waals surface area contributed by atoms with Gasteiger partial charge < -0.3 is 24.0 Å². The minimum absolute atomic E-state index is 0.0850. The number of hydrogen-bond donors (Lipinski definition) is 0. The van der Waals surface area contributed by atoms with E-state index in [1.807, 2.05) is 11.8 Å². The van der Waals surface area contributed by atoms with Crippen LogP contribution in [0.4, 0.5) is 68.2 Å². The molecule has 0 saturated carbocycles. The molecule has 16 rings (SSSR count). The third-order valence-corrected chi connectivity index (χ3v) is 16.6. The molecule has 0 bridgehead atoms. The molecule has 4 aliphatic rings. The summed E-state index contributed by atoms with van der Waals surface area (Å²) in [5.74, 6) is 0. The third-order valence-electron chi connectivity index (χ3n) is 15.6. The van der Waals surface area contributed by atoms with Crippen LogP contribution in [0, 0.1) is 0 Å². The number of nitrogens with zero attached hydrogens (tertiary/aromatic N) is 4. The number of para-hydroxylation sites is 7. The molecule has 0 unspecified atom stereocenters. The normalized spacial score (nSPS) is 13.6. The summed E-state index contributed by atoms with van der Waals surface area (Å²) < 4.78 is 6.98. The molecule has 12 aromatic rings. The number of furan rings is 1. The predicted molar refractivity (Wildman–Crippen MR) is 312 cm³/mol. The van der Waals surface area contributed by atoms with E-state index >= 15 is 0 Å². The fourth-order valence-electron chi connectivity index (χ4n) is 12.7. The maximum atomic E-state index is 6.98. The Kier molecular flexibility index (Phi) is 9.09. The zero-order valence-corrected chi connectivity index (χ0v) is 40.8. The standard InChI is InChI=1S/C66H42B2N4OS/c1-6-22-43(23-7-1)69-54-35-19-17-33-50(54)67-52-40-53-57(41-56(52)71(45-26-10-3-11-27-45)59-39-48(38-58(69)64(59)67)74-47-30-14-5-15-31-47)72(46-28-12-4-13-29-46)66-63-49-32-16-21-37-61(49)73-62(63)42-60-65(66)68(53)51-34-18-20-36-55(51)70(60)44-24-8-2-9-25-44/h1-42H. The first-order chi connectivity index (χ1) is 36.7. The monoisotopic (exact) mass is 960 g/mol. The van der Waals surface area contributed by atoms with E-state index < -0.39 is 0 Å². The second kappa shape index (κ2) is 16.2. The molecule has 0 spiro atoms. The molecule has 0 aliphatic carbocycles. The molecule has 1 aromatic heterocycles. The largest absolute Gasteiger partial charge is 0.456 e. The maximum Gasteiger partial charge on any atom is 0.252 e. The molecule has 5 nitrogen and oxygen atoms in total. The van der Waals surface area contributed by atoms with E-state index in [1.54, 1.807) is 0 Å². The van der Waals surface area contributed by atoms with Crippen LogP contribution in [-0.4, -0.2) is 13.4 Å². The van der Waals surface area contributed by atoms with Crippen LogP contribution in [0.1, 0.15) is 0 Å². The van der Waals surface area contributed by atoms with Gasteiger partial charge >= 0.3 is 0 Å². The van der Waals surface area contributed by atoms with Crippen molar-refractivity contribution in [3.63, 3.8) is 0 Å². The molecule has 0 atom stereocenters. The topological polar surface area (TPSA) is 26.1 Å². The minimum Gasteiger partial charge on any atom is -0.456 e. The number of fused-ring (bicyclic) bond motifs is 12. The zero-order valence-electron chi connectivity index (χ0n) is 40.0. The van der Waals surface area contributed by atoms with Gasteiger partial charge in [-0.15, -0.1) is 0 Å². The average Bonchev–Trinajstić information content (AvgIpc) is 3.86. The van der Waals surface area contributed by atoms with Gasteiger partial charge in [0.1, 0.15) is 11.2 Å². The molecule has 0 N–H and O–H groups in total. The molecule has 0 radical (unpaired) electrons. The lowest BCUT2D eigenvalue weighted by Gasteiger charge is -2.47. The Balaban J connectivity index is 1.05. The first-order valence-corrected chi connectivity index (χ1v) is 26.2. The highest BCUT2D eigenvalue weighted by Crippen LogP contribution is 2.52. The van der Waals surface area contributed by atoms with Crippen LogP contribution in [0.3, 0.4) is 0 Å². The molecule has 74 heavy (non-hydrogen) atoms. The summed E-state index contributed by atoms with van der Waals surface area (Å²) in [6.07, 6.45) is 0. The highest BCUT2D eigenvalue weighted by Gasteiger charge is 2.49. The quantitative estimate of drug-likeness (QED) is 0.154. The van der Waals surface area contributed by atoms with Gasteiger partial charge in [0.2, 0.25) is 0 Å². The lowest BCUT2D eigenvalue weighted by atomic mass is 9.30. The fraction of sp³-hybridized carbons (Fsp3) is 0. The van der Waals surface area contributed by atoms with Crippen LogP contribution in [0.15, 0.2) is 269 Å². The van der Waals surface area contributed by atoms with Gasteiger partial charge in [-0.25, -0.2) is 0 Å². The van der Waals surface area contributed by atoms with Crippen molar-refractivity contribution in [2.45, 2.75) is 9.79 Å². The van der Waals surface area contributed by atoms with Crippen molar-refractivity contribution in [3.05, 3.63) is 255 Å². The Hall–Kier alpha value is -9.10. The molecule has 0 saturated heterocycles. The third kappa shape index (κ3) is 6.03. The van der Waals surface area contributed by atoms with E-state index in [0.29, 0.717) is 0 Å². The molecule has 8 heteroatoms. The van der Waals surface area contributed by atoms with Crippen LogP contribution >= 0.6 is 11.8 Å².